The Morgan fingerprint density at radius 3 is 2.80 bits per heavy atom. The summed E-state index contributed by atoms with van der Waals surface area (Å²) in [5, 5.41) is 12.2. The third-order valence-corrected chi connectivity index (χ3v) is 3.69. The molecule has 0 bridgehead atoms. The summed E-state index contributed by atoms with van der Waals surface area (Å²) in [6, 6.07) is 6.64. The lowest BCUT2D eigenvalue weighted by atomic mass is 10.1. The topological polar surface area (TPSA) is 57.9 Å². The standard InChI is InChI=1S/C16H23N3O/c1-12(2)18-10-14-15(5-4-13(3)19-14)20-11-16(6-7-16)8-9-17/h4-5,12,18H,6-8,10-11H2,1-3H3. The average molecular weight is 273 g/mol. The van der Waals surface area contributed by atoms with Crippen LogP contribution < -0.4 is 10.1 Å². The first-order chi connectivity index (χ1) is 9.54. The number of rotatable bonds is 7. The highest BCUT2D eigenvalue weighted by atomic mass is 16.5. The molecule has 108 valence electrons. The van der Waals surface area contributed by atoms with Crippen LogP contribution in [-0.4, -0.2) is 17.6 Å². The van der Waals surface area contributed by atoms with E-state index >= 15 is 0 Å². The lowest BCUT2D eigenvalue weighted by molar-refractivity contribution is 0.233. The van der Waals surface area contributed by atoms with Crippen molar-refractivity contribution in [3.8, 4) is 11.8 Å². The largest absolute Gasteiger partial charge is 0.491 e. The van der Waals surface area contributed by atoms with Crippen LogP contribution in [0, 0.1) is 23.7 Å². The minimum absolute atomic E-state index is 0.0996. The van der Waals surface area contributed by atoms with Gasteiger partial charge in [0.15, 0.2) is 0 Å². The minimum atomic E-state index is 0.0996. The Labute approximate surface area is 121 Å². The number of pyridine rings is 1. The van der Waals surface area contributed by atoms with Crippen LogP contribution in [0.25, 0.3) is 0 Å². The molecule has 0 unspecified atom stereocenters. The summed E-state index contributed by atoms with van der Waals surface area (Å²) in [4.78, 5) is 4.56. The van der Waals surface area contributed by atoms with Crippen LogP contribution in [0.5, 0.6) is 5.75 Å². The molecule has 0 radical (unpaired) electrons. The number of hydrogen-bond donors (Lipinski definition) is 1. The van der Waals surface area contributed by atoms with Gasteiger partial charge in [-0.3, -0.25) is 4.98 Å². The first-order valence-electron chi connectivity index (χ1n) is 7.24. The number of nitrogens with one attached hydrogen (secondary N) is 1. The number of aryl methyl sites for hydroxylation is 1. The molecule has 20 heavy (non-hydrogen) atoms. The van der Waals surface area contributed by atoms with Gasteiger partial charge in [-0.1, -0.05) is 13.8 Å². The molecule has 4 heteroatoms. The van der Waals surface area contributed by atoms with Gasteiger partial charge < -0.3 is 10.1 Å². The lowest BCUT2D eigenvalue weighted by Crippen LogP contribution is -2.23. The molecule has 1 aliphatic carbocycles. The van der Waals surface area contributed by atoms with E-state index in [9.17, 15) is 0 Å². The van der Waals surface area contributed by atoms with E-state index in [1.54, 1.807) is 0 Å². The molecule has 0 aliphatic heterocycles. The minimum Gasteiger partial charge on any atom is -0.491 e. The van der Waals surface area contributed by atoms with E-state index in [0.717, 1.165) is 30.0 Å². The van der Waals surface area contributed by atoms with Gasteiger partial charge in [0.25, 0.3) is 0 Å². The molecule has 0 aromatic carbocycles. The Kier molecular flexibility index (Phi) is 4.61. The Balaban J connectivity index is 2.01. The van der Waals surface area contributed by atoms with E-state index in [1.807, 2.05) is 19.1 Å². The normalized spacial score (nSPS) is 15.9. The van der Waals surface area contributed by atoms with Crippen LogP contribution in [0.1, 0.15) is 44.5 Å². The van der Waals surface area contributed by atoms with Gasteiger partial charge in [0, 0.05) is 30.1 Å². The van der Waals surface area contributed by atoms with Crippen molar-refractivity contribution in [3.63, 3.8) is 0 Å². The molecule has 2 rings (SSSR count). The summed E-state index contributed by atoms with van der Waals surface area (Å²) in [5.41, 5.74) is 2.05. The smallest absolute Gasteiger partial charge is 0.142 e. The van der Waals surface area contributed by atoms with Crippen molar-refractivity contribution >= 4 is 0 Å². The van der Waals surface area contributed by atoms with Crippen molar-refractivity contribution < 1.29 is 4.74 Å². The number of ether oxygens (including phenoxy) is 1. The second-order valence-electron chi connectivity index (χ2n) is 6.06. The molecule has 1 heterocycles. The maximum atomic E-state index is 8.85. The number of nitrogens with zero attached hydrogens (tertiary/aromatic N) is 2. The summed E-state index contributed by atoms with van der Waals surface area (Å²) in [6.45, 7) is 7.55. The zero-order chi connectivity index (χ0) is 14.6. The number of hydrogen-bond acceptors (Lipinski definition) is 4. The molecule has 1 fully saturated rings. The number of nitriles is 1. The van der Waals surface area contributed by atoms with Crippen molar-refractivity contribution in [1.82, 2.24) is 10.3 Å². The molecule has 1 aromatic heterocycles. The Morgan fingerprint density at radius 2 is 2.20 bits per heavy atom. The molecular weight excluding hydrogens is 250 g/mol. The molecule has 4 nitrogen and oxygen atoms in total. The van der Waals surface area contributed by atoms with Gasteiger partial charge >= 0.3 is 0 Å². The second-order valence-corrected chi connectivity index (χ2v) is 6.06. The fraction of sp³-hybridized carbons (Fsp3) is 0.625. The van der Waals surface area contributed by atoms with E-state index in [0.29, 0.717) is 25.6 Å². The second kappa shape index (κ2) is 6.23. The SMILES string of the molecule is Cc1ccc(OCC2(CC#N)CC2)c(CNC(C)C)n1. The fourth-order valence-corrected chi connectivity index (χ4v) is 2.10. The lowest BCUT2D eigenvalue weighted by Gasteiger charge is -2.16. The summed E-state index contributed by atoms with van der Waals surface area (Å²) in [6.07, 6.45) is 2.78. The highest BCUT2D eigenvalue weighted by Gasteiger charge is 2.43. The third-order valence-electron chi connectivity index (χ3n) is 3.69. The van der Waals surface area contributed by atoms with Gasteiger partial charge in [0.05, 0.1) is 18.4 Å². The van der Waals surface area contributed by atoms with Crippen LogP contribution in [0.2, 0.25) is 0 Å². The van der Waals surface area contributed by atoms with Crippen LogP contribution >= 0.6 is 0 Å². The molecule has 0 spiro atoms. The highest BCUT2D eigenvalue weighted by Crippen LogP contribution is 2.48. The Bertz CT molecular complexity index is 501. The van der Waals surface area contributed by atoms with Gasteiger partial charge in [-0.2, -0.15) is 5.26 Å². The van der Waals surface area contributed by atoms with Gasteiger partial charge in [-0.05, 0) is 31.9 Å². The van der Waals surface area contributed by atoms with Crippen molar-refractivity contribution in [3.05, 3.63) is 23.5 Å². The first-order valence-corrected chi connectivity index (χ1v) is 7.24. The molecular formula is C16H23N3O. The van der Waals surface area contributed by atoms with E-state index in [4.69, 9.17) is 10.00 Å². The van der Waals surface area contributed by atoms with Crippen molar-refractivity contribution in [2.24, 2.45) is 5.41 Å². The summed E-state index contributed by atoms with van der Waals surface area (Å²) < 4.78 is 5.95. The Morgan fingerprint density at radius 1 is 1.45 bits per heavy atom. The predicted molar refractivity (Wildman–Crippen MR) is 78.3 cm³/mol. The highest BCUT2D eigenvalue weighted by molar-refractivity contribution is 5.29. The monoisotopic (exact) mass is 273 g/mol. The molecule has 1 saturated carbocycles. The molecule has 0 atom stereocenters. The van der Waals surface area contributed by atoms with Crippen LogP contribution in [0.3, 0.4) is 0 Å². The van der Waals surface area contributed by atoms with E-state index in [2.05, 4.69) is 30.2 Å². The molecule has 1 aromatic rings. The maximum absolute atomic E-state index is 8.85. The molecule has 1 N–H and O–H groups in total. The van der Waals surface area contributed by atoms with Crippen molar-refractivity contribution in [1.29, 1.82) is 5.26 Å². The maximum Gasteiger partial charge on any atom is 0.142 e. The van der Waals surface area contributed by atoms with E-state index < -0.39 is 0 Å². The Hall–Kier alpha value is -1.60. The van der Waals surface area contributed by atoms with Crippen molar-refractivity contribution in [2.75, 3.05) is 6.61 Å². The van der Waals surface area contributed by atoms with Crippen LogP contribution in [0.4, 0.5) is 0 Å². The number of aromatic nitrogens is 1. The van der Waals surface area contributed by atoms with Crippen LogP contribution in [-0.2, 0) is 6.54 Å². The summed E-state index contributed by atoms with van der Waals surface area (Å²) in [7, 11) is 0. The fourth-order valence-electron chi connectivity index (χ4n) is 2.10. The zero-order valence-electron chi connectivity index (χ0n) is 12.6. The van der Waals surface area contributed by atoms with Gasteiger partial charge in [0.2, 0.25) is 0 Å². The van der Waals surface area contributed by atoms with Crippen LogP contribution in [0.15, 0.2) is 12.1 Å². The molecule has 0 amide bonds. The first kappa shape index (κ1) is 14.8. The van der Waals surface area contributed by atoms with E-state index in [-0.39, 0.29) is 5.41 Å². The molecule has 1 aliphatic rings. The average Bonchev–Trinajstić information content (AvgIpc) is 3.16. The van der Waals surface area contributed by atoms with Gasteiger partial charge in [0.1, 0.15) is 5.75 Å². The molecule has 0 saturated heterocycles. The quantitative estimate of drug-likeness (QED) is 0.829. The third kappa shape index (κ3) is 3.94. The van der Waals surface area contributed by atoms with E-state index in [1.165, 1.54) is 0 Å². The summed E-state index contributed by atoms with van der Waals surface area (Å²) in [5.74, 6) is 0.841. The predicted octanol–water partition coefficient (Wildman–Crippen LogP) is 2.96. The zero-order valence-corrected chi connectivity index (χ0v) is 12.6. The van der Waals surface area contributed by atoms with Gasteiger partial charge in [-0.25, -0.2) is 0 Å². The van der Waals surface area contributed by atoms with Gasteiger partial charge in [-0.15, -0.1) is 0 Å². The summed E-state index contributed by atoms with van der Waals surface area (Å²) >= 11 is 0. The van der Waals surface area contributed by atoms with Crippen molar-refractivity contribution in [2.45, 2.75) is 52.6 Å².